The Hall–Kier alpha value is -1.79. The lowest BCUT2D eigenvalue weighted by Gasteiger charge is -2.15. The summed E-state index contributed by atoms with van der Waals surface area (Å²) in [5, 5.41) is 4.24. The summed E-state index contributed by atoms with van der Waals surface area (Å²) in [5.41, 5.74) is 11.5. The molecule has 1 atom stereocenters. The SMILES string of the molecule is C=C(NC(=C)c1cc(N)ccc1C)/C(P)=C\C(C)=C/C. The van der Waals surface area contributed by atoms with Gasteiger partial charge in [0.1, 0.15) is 0 Å². The molecule has 1 aromatic rings. The van der Waals surface area contributed by atoms with Gasteiger partial charge in [-0.2, -0.15) is 0 Å². The molecular formula is C17H23N2P. The number of allylic oxidation sites excluding steroid dienone is 4. The lowest BCUT2D eigenvalue weighted by molar-refractivity contribution is 1.13. The Kier molecular flexibility index (Phi) is 5.79. The summed E-state index contributed by atoms with van der Waals surface area (Å²) in [6.45, 7) is 14.2. The zero-order valence-electron chi connectivity index (χ0n) is 12.5. The smallest absolute Gasteiger partial charge is 0.0388 e. The molecule has 106 valence electrons. The van der Waals surface area contributed by atoms with E-state index in [0.29, 0.717) is 0 Å². The van der Waals surface area contributed by atoms with Crippen LogP contribution in [0.1, 0.15) is 25.0 Å². The summed E-state index contributed by atoms with van der Waals surface area (Å²) in [6, 6.07) is 5.79. The maximum Gasteiger partial charge on any atom is 0.0388 e. The summed E-state index contributed by atoms with van der Waals surface area (Å²) >= 11 is 0. The van der Waals surface area contributed by atoms with Crippen LogP contribution in [0.5, 0.6) is 0 Å². The van der Waals surface area contributed by atoms with Gasteiger partial charge in [-0.05, 0) is 43.8 Å². The summed E-state index contributed by atoms with van der Waals surface area (Å²) in [5.74, 6) is 0. The Morgan fingerprint density at radius 1 is 1.35 bits per heavy atom. The third-order valence-corrected chi connectivity index (χ3v) is 3.59. The fraction of sp³-hybridized carbons (Fsp3) is 0.176. The van der Waals surface area contributed by atoms with E-state index in [4.69, 9.17) is 5.73 Å². The fourth-order valence-electron chi connectivity index (χ4n) is 1.70. The molecule has 0 saturated heterocycles. The number of nitrogens with one attached hydrogen (secondary N) is 1. The summed E-state index contributed by atoms with van der Waals surface area (Å²) in [4.78, 5) is 0. The fourth-order valence-corrected chi connectivity index (χ4v) is 2.04. The van der Waals surface area contributed by atoms with Crippen LogP contribution in [0.15, 0.2) is 60.1 Å². The summed E-state index contributed by atoms with van der Waals surface area (Å²) in [7, 11) is 2.69. The van der Waals surface area contributed by atoms with Crippen LogP contribution in [-0.4, -0.2) is 0 Å². The van der Waals surface area contributed by atoms with Crippen molar-refractivity contribution in [2.24, 2.45) is 0 Å². The molecule has 1 unspecified atom stereocenters. The van der Waals surface area contributed by atoms with Crippen molar-refractivity contribution < 1.29 is 0 Å². The molecule has 1 aromatic carbocycles. The highest BCUT2D eigenvalue weighted by Crippen LogP contribution is 2.22. The summed E-state index contributed by atoms with van der Waals surface area (Å²) in [6.07, 6.45) is 4.10. The number of aryl methyl sites for hydroxylation is 1. The predicted octanol–water partition coefficient (Wildman–Crippen LogP) is 4.38. The molecule has 3 N–H and O–H groups in total. The third-order valence-electron chi connectivity index (χ3n) is 3.08. The topological polar surface area (TPSA) is 38.0 Å². The van der Waals surface area contributed by atoms with E-state index in [1.807, 2.05) is 45.0 Å². The Labute approximate surface area is 124 Å². The second-order valence-corrected chi connectivity index (χ2v) is 5.41. The highest BCUT2D eigenvalue weighted by molar-refractivity contribution is 7.23. The highest BCUT2D eigenvalue weighted by atomic mass is 31.0. The molecule has 0 aliphatic rings. The van der Waals surface area contributed by atoms with Gasteiger partial charge in [0.15, 0.2) is 0 Å². The Morgan fingerprint density at radius 2 is 2.00 bits per heavy atom. The number of anilines is 1. The Balaban J connectivity index is 2.88. The van der Waals surface area contributed by atoms with Crippen molar-refractivity contribution in [2.45, 2.75) is 20.8 Å². The standard InChI is InChI=1S/C17H23N2P/c1-6-11(2)9-17(20)14(5)19-13(4)16-10-15(18)8-7-12(16)3/h6-10,19H,4-5,18,20H2,1-3H3/b11-6-,17-9+. The second-order valence-electron chi connectivity index (χ2n) is 4.79. The highest BCUT2D eigenvalue weighted by Gasteiger charge is 2.05. The van der Waals surface area contributed by atoms with Gasteiger partial charge in [-0.25, -0.2) is 0 Å². The van der Waals surface area contributed by atoms with E-state index in [1.54, 1.807) is 0 Å². The molecule has 1 rings (SSSR count). The Bertz CT molecular complexity index is 595. The van der Waals surface area contributed by atoms with Crippen molar-refractivity contribution in [1.82, 2.24) is 5.32 Å². The normalized spacial score (nSPS) is 12.2. The molecule has 0 spiro atoms. The van der Waals surface area contributed by atoms with Crippen LogP contribution in [0.4, 0.5) is 5.69 Å². The van der Waals surface area contributed by atoms with Crippen molar-refractivity contribution in [3.8, 4) is 0 Å². The van der Waals surface area contributed by atoms with E-state index in [1.165, 1.54) is 5.57 Å². The van der Waals surface area contributed by atoms with E-state index >= 15 is 0 Å². The molecule has 0 amide bonds. The van der Waals surface area contributed by atoms with Gasteiger partial charge in [0.2, 0.25) is 0 Å². The lowest BCUT2D eigenvalue weighted by atomic mass is 10.1. The van der Waals surface area contributed by atoms with Crippen LogP contribution in [0.2, 0.25) is 0 Å². The van der Waals surface area contributed by atoms with Crippen LogP contribution in [-0.2, 0) is 0 Å². The molecule has 0 aliphatic carbocycles. The van der Waals surface area contributed by atoms with Gasteiger partial charge in [-0.15, -0.1) is 9.24 Å². The minimum atomic E-state index is 0.727. The molecule has 0 aliphatic heterocycles. The molecule has 0 saturated carbocycles. The zero-order valence-corrected chi connectivity index (χ0v) is 13.6. The molecule has 0 fully saturated rings. The number of benzene rings is 1. The van der Waals surface area contributed by atoms with Gasteiger partial charge < -0.3 is 11.1 Å². The van der Waals surface area contributed by atoms with Crippen LogP contribution in [0, 0.1) is 6.92 Å². The first-order chi connectivity index (χ1) is 9.35. The van der Waals surface area contributed by atoms with Gasteiger partial charge in [0.05, 0.1) is 0 Å². The van der Waals surface area contributed by atoms with Crippen molar-refractivity contribution in [3.63, 3.8) is 0 Å². The summed E-state index contributed by atoms with van der Waals surface area (Å²) < 4.78 is 0. The molecule has 0 bridgehead atoms. The molecule has 0 radical (unpaired) electrons. The van der Waals surface area contributed by atoms with Crippen LogP contribution >= 0.6 is 9.24 Å². The van der Waals surface area contributed by atoms with Crippen molar-refractivity contribution >= 4 is 20.6 Å². The molecule has 0 aromatic heterocycles. The zero-order chi connectivity index (χ0) is 15.3. The third kappa shape index (κ3) is 4.40. The molecule has 0 heterocycles. The molecule has 2 nitrogen and oxygen atoms in total. The number of hydrogen-bond acceptors (Lipinski definition) is 2. The maximum absolute atomic E-state index is 5.83. The molecular weight excluding hydrogens is 263 g/mol. The largest absolute Gasteiger partial charge is 0.399 e. The van der Waals surface area contributed by atoms with E-state index in [0.717, 1.165) is 33.5 Å². The minimum absolute atomic E-state index is 0.727. The van der Waals surface area contributed by atoms with Crippen LogP contribution in [0.25, 0.3) is 5.70 Å². The maximum atomic E-state index is 5.83. The van der Waals surface area contributed by atoms with Crippen LogP contribution in [0.3, 0.4) is 0 Å². The van der Waals surface area contributed by atoms with Crippen molar-refractivity contribution in [3.05, 3.63) is 71.2 Å². The number of nitrogen functional groups attached to an aromatic ring is 1. The number of rotatable bonds is 5. The molecule has 3 heteroatoms. The van der Waals surface area contributed by atoms with Crippen molar-refractivity contribution in [1.29, 1.82) is 0 Å². The quantitative estimate of drug-likeness (QED) is 0.479. The van der Waals surface area contributed by atoms with E-state index in [9.17, 15) is 0 Å². The first kappa shape index (κ1) is 16.3. The Morgan fingerprint density at radius 3 is 2.60 bits per heavy atom. The van der Waals surface area contributed by atoms with Gasteiger partial charge >= 0.3 is 0 Å². The van der Waals surface area contributed by atoms with Gasteiger partial charge in [0.25, 0.3) is 0 Å². The first-order valence-electron chi connectivity index (χ1n) is 6.47. The van der Waals surface area contributed by atoms with Gasteiger partial charge in [-0.3, -0.25) is 0 Å². The molecule has 20 heavy (non-hydrogen) atoms. The minimum Gasteiger partial charge on any atom is -0.399 e. The van der Waals surface area contributed by atoms with Crippen LogP contribution < -0.4 is 11.1 Å². The predicted molar refractivity (Wildman–Crippen MR) is 94.1 cm³/mol. The lowest BCUT2D eigenvalue weighted by Crippen LogP contribution is -2.11. The van der Waals surface area contributed by atoms with Gasteiger partial charge in [-0.1, -0.05) is 36.9 Å². The number of hydrogen-bond donors (Lipinski definition) is 2. The first-order valence-corrected chi connectivity index (χ1v) is 7.04. The van der Waals surface area contributed by atoms with E-state index < -0.39 is 0 Å². The van der Waals surface area contributed by atoms with Crippen molar-refractivity contribution in [2.75, 3.05) is 5.73 Å². The average molecular weight is 286 g/mol. The van der Waals surface area contributed by atoms with Gasteiger partial charge in [0, 0.05) is 22.6 Å². The second kappa shape index (κ2) is 7.12. The monoisotopic (exact) mass is 286 g/mol. The van der Waals surface area contributed by atoms with E-state index in [-0.39, 0.29) is 0 Å². The van der Waals surface area contributed by atoms with E-state index in [2.05, 4.69) is 33.8 Å². The average Bonchev–Trinajstić information content (AvgIpc) is 2.40. The number of nitrogens with two attached hydrogens (primary N) is 1.